The molecule has 0 heterocycles. The topological polar surface area (TPSA) is 63.4 Å². The molecule has 112 valence electrons. The zero-order valence-electron chi connectivity index (χ0n) is 12.5. The summed E-state index contributed by atoms with van der Waals surface area (Å²) in [7, 11) is -3.46. The lowest BCUT2D eigenvalue weighted by atomic mass is 10.1. The van der Waals surface area contributed by atoms with Gasteiger partial charge in [-0.3, -0.25) is 0 Å². The van der Waals surface area contributed by atoms with Crippen LogP contribution >= 0.6 is 0 Å². The molecule has 0 unspecified atom stereocenters. The fourth-order valence-corrected chi connectivity index (χ4v) is 5.09. The summed E-state index contributed by atoms with van der Waals surface area (Å²) in [5.74, 6) is 0. The fraction of sp³-hybridized carbons (Fsp3) is 0.600. The van der Waals surface area contributed by atoms with Gasteiger partial charge in [0.15, 0.2) is 0 Å². The first-order chi connectivity index (χ1) is 9.37. The minimum atomic E-state index is -3.46. The van der Waals surface area contributed by atoms with E-state index in [-0.39, 0.29) is 6.04 Å². The van der Waals surface area contributed by atoms with Gasteiger partial charge in [0.1, 0.15) is 0 Å². The maximum Gasteiger partial charge on any atom is 0.243 e. The maximum atomic E-state index is 12.9. The smallest absolute Gasteiger partial charge is 0.243 e. The number of aryl methyl sites for hydroxylation is 1. The molecule has 0 atom stereocenters. The molecule has 1 aliphatic rings. The molecule has 5 heteroatoms. The van der Waals surface area contributed by atoms with Crippen molar-refractivity contribution in [3.05, 3.63) is 23.3 Å². The fourth-order valence-electron chi connectivity index (χ4n) is 3.06. The zero-order chi connectivity index (χ0) is 14.9. The van der Waals surface area contributed by atoms with Crippen LogP contribution < -0.4 is 5.73 Å². The van der Waals surface area contributed by atoms with E-state index in [4.69, 9.17) is 5.73 Å². The third-order valence-electron chi connectivity index (χ3n) is 4.27. The zero-order valence-corrected chi connectivity index (χ0v) is 13.3. The van der Waals surface area contributed by atoms with Crippen LogP contribution in [0, 0.1) is 13.8 Å². The van der Waals surface area contributed by atoms with Crippen molar-refractivity contribution in [3.63, 3.8) is 0 Å². The third-order valence-corrected chi connectivity index (χ3v) is 6.43. The number of hydrogen-bond donors (Lipinski definition) is 1. The molecule has 2 rings (SSSR count). The Morgan fingerprint density at radius 1 is 1.25 bits per heavy atom. The van der Waals surface area contributed by atoms with E-state index in [0.29, 0.717) is 17.1 Å². The molecular weight excluding hydrogens is 272 g/mol. The van der Waals surface area contributed by atoms with E-state index in [1.54, 1.807) is 10.4 Å². The Bertz CT molecular complexity index is 590. The predicted octanol–water partition coefficient (Wildman–Crippen LogP) is 2.84. The summed E-state index contributed by atoms with van der Waals surface area (Å²) >= 11 is 0. The van der Waals surface area contributed by atoms with Crippen LogP contribution in [-0.4, -0.2) is 25.3 Å². The average Bonchev–Trinajstić information content (AvgIpc) is 2.87. The van der Waals surface area contributed by atoms with Crippen LogP contribution in [0.25, 0.3) is 0 Å². The second-order valence-corrected chi connectivity index (χ2v) is 7.47. The van der Waals surface area contributed by atoms with Crippen molar-refractivity contribution in [2.45, 2.75) is 57.4 Å². The highest BCUT2D eigenvalue weighted by Gasteiger charge is 2.33. The Kier molecular flexibility index (Phi) is 4.39. The van der Waals surface area contributed by atoms with Gasteiger partial charge in [0.2, 0.25) is 10.0 Å². The summed E-state index contributed by atoms with van der Waals surface area (Å²) < 4.78 is 27.5. The van der Waals surface area contributed by atoms with Gasteiger partial charge in [0.05, 0.1) is 4.90 Å². The van der Waals surface area contributed by atoms with E-state index >= 15 is 0 Å². The molecular formula is C15H24N2O2S. The molecule has 1 aromatic carbocycles. The molecule has 2 N–H and O–H groups in total. The summed E-state index contributed by atoms with van der Waals surface area (Å²) in [6, 6.07) is 3.56. The van der Waals surface area contributed by atoms with Crippen LogP contribution in [0.15, 0.2) is 17.0 Å². The van der Waals surface area contributed by atoms with Crippen LogP contribution in [0.4, 0.5) is 5.69 Å². The first-order valence-electron chi connectivity index (χ1n) is 7.26. The lowest BCUT2D eigenvalue weighted by molar-refractivity contribution is 0.335. The predicted molar refractivity (Wildman–Crippen MR) is 82.2 cm³/mol. The van der Waals surface area contributed by atoms with Crippen LogP contribution in [-0.2, 0) is 10.0 Å². The molecule has 1 saturated carbocycles. The van der Waals surface area contributed by atoms with E-state index < -0.39 is 10.0 Å². The number of nitrogen functional groups attached to an aromatic ring is 1. The normalized spacial score (nSPS) is 17.0. The van der Waals surface area contributed by atoms with Gasteiger partial charge in [0.25, 0.3) is 0 Å². The summed E-state index contributed by atoms with van der Waals surface area (Å²) in [5.41, 5.74) is 8.07. The Morgan fingerprint density at radius 3 is 2.40 bits per heavy atom. The van der Waals surface area contributed by atoms with E-state index in [0.717, 1.165) is 36.8 Å². The van der Waals surface area contributed by atoms with Crippen molar-refractivity contribution < 1.29 is 8.42 Å². The minimum absolute atomic E-state index is 0.145. The minimum Gasteiger partial charge on any atom is -0.399 e. The van der Waals surface area contributed by atoms with Crippen LogP contribution in [0.3, 0.4) is 0 Å². The summed E-state index contributed by atoms with van der Waals surface area (Å²) in [5, 5.41) is 0. The van der Waals surface area contributed by atoms with Crippen LogP contribution in [0.2, 0.25) is 0 Å². The third kappa shape index (κ3) is 2.69. The van der Waals surface area contributed by atoms with E-state index in [1.807, 2.05) is 26.8 Å². The Hall–Kier alpha value is -1.07. The van der Waals surface area contributed by atoms with E-state index in [1.165, 1.54) is 0 Å². The van der Waals surface area contributed by atoms with Crippen LogP contribution in [0.1, 0.15) is 43.7 Å². The maximum absolute atomic E-state index is 12.9. The van der Waals surface area contributed by atoms with Gasteiger partial charge < -0.3 is 5.73 Å². The number of sulfonamides is 1. The van der Waals surface area contributed by atoms with Crippen molar-refractivity contribution in [2.24, 2.45) is 0 Å². The average molecular weight is 296 g/mol. The van der Waals surface area contributed by atoms with E-state index in [9.17, 15) is 8.42 Å². The van der Waals surface area contributed by atoms with Gasteiger partial charge in [-0.1, -0.05) is 19.8 Å². The largest absolute Gasteiger partial charge is 0.399 e. The number of nitrogens with zero attached hydrogens (tertiary/aromatic N) is 1. The molecule has 0 spiro atoms. The molecule has 0 bridgehead atoms. The molecule has 1 aliphatic carbocycles. The molecule has 1 aromatic rings. The van der Waals surface area contributed by atoms with Crippen molar-refractivity contribution in [2.75, 3.05) is 12.3 Å². The highest BCUT2D eigenvalue weighted by Crippen LogP contribution is 2.31. The highest BCUT2D eigenvalue weighted by molar-refractivity contribution is 7.89. The van der Waals surface area contributed by atoms with Crippen molar-refractivity contribution in [1.29, 1.82) is 0 Å². The Morgan fingerprint density at radius 2 is 1.85 bits per heavy atom. The lowest BCUT2D eigenvalue weighted by Gasteiger charge is -2.27. The molecule has 0 amide bonds. The molecule has 0 aromatic heterocycles. The molecule has 4 nitrogen and oxygen atoms in total. The summed E-state index contributed by atoms with van der Waals surface area (Å²) in [6.45, 7) is 6.17. The van der Waals surface area contributed by atoms with Crippen molar-refractivity contribution in [3.8, 4) is 0 Å². The van der Waals surface area contributed by atoms with Gasteiger partial charge in [-0.25, -0.2) is 8.42 Å². The molecule has 0 aliphatic heterocycles. The first-order valence-corrected chi connectivity index (χ1v) is 8.70. The van der Waals surface area contributed by atoms with Crippen molar-refractivity contribution in [1.82, 2.24) is 4.31 Å². The lowest BCUT2D eigenvalue weighted by Crippen LogP contribution is -2.39. The van der Waals surface area contributed by atoms with Gasteiger partial charge in [-0.05, 0) is 49.9 Å². The van der Waals surface area contributed by atoms with Gasteiger partial charge >= 0.3 is 0 Å². The van der Waals surface area contributed by atoms with E-state index in [2.05, 4.69) is 0 Å². The molecule has 0 radical (unpaired) electrons. The quantitative estimate of drug-likeness (QED) is 0.869. The SMILES string of the molecule is CCN(C1CCCC1)S(=O)(=O)c1cc(N)cc(C)c1C. The number of hydrogen-bond acceptors (Lipinski definition) is 3. The Labute approximate surface area is 122 Å². The molecule has 0 saturated heterocycles. The second-order valence-electron chi connectivity index (χ2n) is 5.61. The number of benzene rings is 1. The van der Waals surface area contributed by atoms with Crippen LogP contribution in [0.5, 0.6) is 0 Å². The number of nitrogens with two attached hydrogens (primary N) is 1. The standard InChI is InChI=1S/C15H24N2O2S/c1-4-17(14-7-5-6-8-14)20(18,19)15-10-13(16)9-11(2)12(15)3/h9-10,14H,4-8,16H2,1-3H3. The van der Waals surface area contributed by atoms with Gasteiger partial charge in [0, 0.05) is 18.3 Å². The number of rotatable bonds is 4. The molecule has 1 fully saturated rings. The number of anilines is 1. The highest BCUT2D eigenvalue weighted by atomic mass is 32.2. The summed E-state index contributed by atoms with van der Waals surface area (Å²) in [4.78, 5) is 0.365. The van der Waals surface area contributed by atoms with Crippen molar-refractivity contribution >= 4 is 15.7 Å². The van der Waals surface area contributed by atoms with Gasteiger partial charge in [-0.2, -0.15) is 4.31 Å². The van der Waals surface area contributed by atoms with Gasteiger partial charge in [-0.15, -0.1) is 0 Å². The summed E-state index contributed by atoms with van der Waals surface area (Å²) in [6.07, 6.45) is 4.16. The monoisotopic (exact) mass is 296 g/mol. The molecule has 20 heavy (non-hydrogen) atoms. The first kappa shape index (κ1) is 15.3. The second kappa shape index (κ2) is 5.74. The Balaban J connectivity index is 2.48.